The summed E-state index contributed by atoms with van der Waals surface area (Å²) < 4.78 is 40.0. The highest BCUT2D eigenvalue weighted by Gasteiger charge is 2.33. The first-order chi connectivity index (χ1) is 11.0. The predicted molar refractivity (Wildman–Crippen MR) is 83.9 cm³/mol. The second kappa shape index (κ2) is 6.10. The quantitative estimate of drug-likeness (QED) is 0.929. The number of nitrogens with one attached hydrogen (secondary N) is 1. The van der Waals surface area contributed by atoms with E-state index in [2.05, 4.69) is 4.72 Å². The number of anilines is 1. The maximum Gasteiger partial charge on any atom is 0.240 e. The average molecular weight is 334 g/mol. The van der Waals surface area contributed by atoms with Crippen molar-refractivity contribution < 1.29 is 17.6 Å². The van der Waals surface area contributed by atoms with Crippen LogP contribution in [0.3, 0.4) is 0 Å². The fraction of sp³-hybridized carbons (Fsp3) is 0.188. The number of para-hydroxylation sites is 1. The van der Waals surface area contributed by atoms with Crippen LogP contribution in [0.5, 0.6) is 0 Å². The number of hydrogen-bond donors (Lipinski definition) is 1. The van der Waals surface area contributed by atoms with Crippen LogP contribution >= 0.6 is 0 Å². The third kappa shape index (κ3) is 3.40. The van der Waals surface area contributed by atoms with E-state index in [1.165, 1.54) is 12.1 Å². The molecule has 1 aliphatic heterocycles. The van der Waals surface area contributed by atoms with Gasteiger partial charge in [-0.3, -0.25) is 4.79 Å². The van der Waals surface area contributed by atoms with Gasteiger partial charge in [0.25, 0.3) is 0 Å². The van der Waals surface area contributed by atoms with Crippen LogP contribution in [-0.2, 0) is 14.8 Å². The Balaban J connectivity index is 1.74. The molecule has 0 radical (unpaired) electrons. The Bertz CT molecular complexity index is 807. The van der Waals surface area contributed by atoms with E-state index in [1.807, 2.05) is 18.2 Å². The molecule has 0 bridgehead atoms. The Kier molecular flexibility index (Phi) is 4.14. The molecule has 1 saturated heterocycles. The van der Waals surface area contributed by atoms with Crippen molar-refractivity contribution in [1.29, 1.82) is 0 Å². The van der Waals surface area contributed by atoms with Crippen molar-refractivity contribution in [3.8, 4) is 0 Å². The van der Waals surface area contributed by atoms with Crippen LogP contribution in [-0.4, -0.2) is 26.9 Å². The van der Waals surface area contributed by atoms with Gasteiger partial charge in [0.1, 0.15) is 5.82 Å². The maximum absolute atomic E-state index is 12.9. The SMILES string of the molecule is O=C1CC(NS(=O)(=O)c2ccc(F)cc2)CN1c1ccccc1. The summed E-state index contributed by atoms with van der Waals surface area (Å²) in [5.41, 5.74) is 0.737. The van der Waals surface area contributed by atoms with Gasteiger partial charge in [0.2, 0.25) is 15.9 Å². The molecule has 2 aromatic rings. The largest absolute Gasteiger partial charge is 0.311 e. The van der Waals surface area contributed by atoms with Gasteiger partial charge in [-0.1, -0.05) is 18.2 Å². The molecular formula is C16H15FN2O3S. The Labute approximate surface area is 133 Å². The minimum absolute atomic E-state index is 0.0236. The molecule has 0 spiro atoms. The molecule has 1 unspecified atom stereocenters. The lowest BCUT2D eigenvalue weighted by molar-refractivity contribution is -0.117. The van der Waals surface area contributed by atoms with Crippen molar-refractivity contribution in [2.45, 2.75) is 17.4 Å². The molecule has 1 heterocycles. The van der Waals surface area contributed by atoms with E-state index < -0.39 is 21.9 Å². The van der Waals surface area contributed by atoms with E-state index in [4.69, 9.17) is 0 Å². The topological polar surface area (TPSA) is 66.5 Å². The van der Waals surface area contributed by atoms with E-state index in [9.17, 15) is 17.6 Å². The Hall–Kier alpha value is -2.25. The third-order valence-electron chi connectivity index (χ3n) is 3.64. The van der Waals surface area contributed by atoms with E-state index in [0.29, 0.717) is 0 Å². The molecule has 1 fully saturated rings. The summed E-state index contributed by atoms with van der Waals surface area (Å²) in [7, 11) is -3.79. The summed E-state index contributed by atoms with van der Waals surface area (Å²) in [6.07, 6.45) is 0.0926. The van der Waals surface area contributed by atoms with E-state index in [-0.39, 0.29) is 23.8 Å². The number of carbonyl (C=O) groups excluding carboxylic acids is 1. The smallest absolute Gasteiger partial charge is 0.240 e. The summed E-state index contributed by atoms with van der Waals surface area (Å²) >= 11 is 0. The first-order valence-electron chi connectivity index (χ1n) is 7.09. The first kappa shape index (κ1) is 15.6. The van der Waals surface area contributed by atoms with Crippen LogP contribution in [0.4, 0.5) is 10.1 Å². The first-order valence-corrected chi connectivity index (χ1v) is 8.57. The Morgan fingerprint density at radius 3 is 2.35 bits per heavy atom. The molecule has 0 saturated carbocycles. The fourth-order valence-electron chi connectivity index (χ4n) is 2.55. The van der Waals surface area contributed by atoms with Crippen molar-refractivity contribution in [2.75, 3.05) is 11.4 Å². The van der Waals surface area contributed by atoms with Gasteiger partial charge in [0, 0.05) is 24.7 Å². The van der Waals surface area contributed by atoms with Gasteiger partial charge in [-0.2, -0.15) is 0 Å². The van der Waals surface area contributed by atoms with Crippen LogP contribution < -0.4 is 9.62 Å². The zero-order valence-electron chi connectivity index (χ0n) is 12.1. The number of sulfonamides is 1. The molecule has 0 aromatic heterocycles. The highest BCUT2D eigenvalue weighted by molar-refractivity contribution is 7.89. The van der Waals surface area contributed by atoms with Crippen LogP contribution in [0.1, 0.15) is 6.42 Å². The number of benzene rings is 2. The second-order valence-electron chi connectivity index (χ2n) is 5.32. The number of amides is 1. The van der Waals surface area contributed by atoms with Crippen molar-refractivity contribution in [2.24, 2.45) is 0 Å². The lowest BCUT2D eigenvalue weighted by atomic mass is 10.3. The van der Waals surface area contributed by atoms with Crippen molar-refractivity contribution in [3.05, 3.63) is 60.4 Å². The predicted octanol–water partition coefficient (Wildman–Crippen LogP) is 1.91. The van der Waals surface area contributed by atoms with Crippen LogP contribution in [0.15, 0.2) is 59.5 Å². The Morgan fingerprint density at radius 1 is 1.04 bits per heavy atom. The van der Waals surface area contributed by atoms with Gasteiger partial charge < -0.3 is 4.90 Å². The summed E-state index contributed by atoms with van der Waals surface area (Å²) in [6.45, 7) is 0.267. The molecule has 1 amide bonds. The molecule has 120 valence electrons. The zero-order chi connectivity index (χ0) is 16.4. The molecule has 1 aliphatic rings. The maximum atomic E-state index is 12.9. The molecule has 0 aliphatic carbocycles. The van der Waals surface area contributed by atoms with Crippen molar-refractivity contribution in [1.82, 2.24) is 4.72 Å². The highest BCUT2D eigenvalue weighted by atomic mass is 32.2. The molecule has 7 heteroatoms. The van der Waals surface area contributed by atoms with Crippen LogP contribution in [0, 0.1) is 5.82 Å². The number of hydrogen-bond acceptors (Lipinski definition) is 3. The fourth-order valence-corrected chi connectivity index (χ4v) is 3.77. The molecule has 23 heavy (non-hydrogen) atoms. The number of carbonyl (C=O) groups is 1. The van der Waals surface area contributed by atoms with Gasteiger partial charge in [0.15, 0.2) is 0 Å². The minimum atomic E-state index is -3.79. The Morgan fingerprint density at radius 2 is 1.70 bits per heavy atom. The van der Waals surface area contributed by atoms with E-state index in [0.717, 1.165) is 17.8 Å². The van der Waals surface area contributed by atoms with Gasteiger partial charge in [-0.15, -0.1) is 0 Å². The molecule has 1 atom stereocenters. The highest BCUT2D eigenvalue weighted by Crippen LogP contribution is 2.22. The van der Waals surface area contributed by atoms with Gasteiger partial charge in [0.05, 0.1) is 4.90 Å². The molecule has 5 nitrogen and oxygen atoms in total. The summed E-state index contributed by atoms with van der Waals surface area (Å²) in [6, 6.07) is 13.1. The van der Waals surface area contributed by atoms with Crippen molar-refractivity contribution in [3.63, 3.8) is 0 Å². The van der Waals surface area contributed by atoms with E-state index in [1.54, 1.807) is 17.0 Å². The monoisotopic (exact) mass is 334 g/mol. The second-order valence-corrected chi connectivity index (χ2v) is 7.03. The number of nitrogens with zero attached hydrogens (tertiary/aromatic N) is 1. The van der Waals surface area contributed by atoms with Crippen molar-refractivity contribution >= 4 is 21.6 Å². The van der Waals surface area contributed by atoms with E-state index >= 15 is 0 Å². The minimum Gasteiger partial charge on any atom is -0.311 e. The molecule has 3 rings (SSSR count). The third-order valence-corrected chi connectivity index (χ3v) is 5.18. The number of halogens is 1. The zero-order valence-corrected chi connectivity index (χ0v) is 13.0. The lowest BCUT2D eigenvalue weighted by Crippen LogP contribution is -2.37. The number of rotatable bonds is 4. The molecule has 2 aromatic carbocycles. The van der Waals surface area contributed by atoms with Crippen LogP contribution in [0.2, 0.25) is 0 Å². The standard InChI is InChI=1S/C16H15FN2O3S/c17-12-6-8-15(9-7-12)23(21,22)18-13-10-16(20)19(11-13)14-4-2-1-3-5-14/h1-9,13,18H,10-11H2. The summed E-state index contributed by atoms with van der Waals surface area (Å²) in [4.78, 5) is 13.6. The summed E-state index contributed by atoms with van der Waals surface area (Å²) in [5.74, 6) is -0.641. The van der Waals surface area contributed by atoms with Gasteiger partial charge >= 0.3 is 0 Å². The molecule has 1 N–H and O–H groups in total. The van der Waals surface area contributed by atoms with Gasteiger partial charge in [-0.05, 0) is 36.4 Å². The summed E-state index contributed by atoms with van der Waals surface area (Å²) in [5, 5.41) is 0. The normalized spacial score (nSPS) is 18.4. The lowest BCUT2D eigenvalue weighted by Gasteiger charge is -2.17. The average Bonchev–Trinajstić information content (AvgIpc) is 2.88. The molecular weight excluding hydrogens is 319 g/mol. The van der Waals surface area contributed by atoms with Crippen LogP contribution in [0.25, 0.3) is 0 Å². The van der Waals surface area contributed by atoms with Gasteiger partial charge in [-0.25, -0.2) is 17.5 Å².